The van der Waals surface area contributed by atoms with E-state index in [0.29, 0.717) is 12.3 Å². The van der Waals surface area contributed by atoms with Gasteiger partial charge in [-0.1, -0.05) is 6.92 Å². The number of rotatable bonds is 3. The predicted molar refractivity (Wildman–Crippen MR) is 57.4 cm³/mol. The highest BCUT2D eigenvalue weighted by atomic mass is 16.1. The van der Waals surface area contributed by atoms with Crippen molar-refractivity contribution in [3.8, 4) is 0 Å². The van der Waals surface area contributed by atoms with Crippen molar-refractivity contribution in [1.29, 1.82) is 0 Å². The first-order chi connectivity index (χ1) is 7.20. The molecule has 0 saturated carbocycles. The SMILES string of the molecule is CCc1ncn(C)c1C[C@H]1CNC(=O)C1. The van der Waals surface area contributed by atoms with Crippen molar-refractivity contribution in [2.75, 3.05) is 6.54 Å². The van der Waals surface area contributed by atoms with E-state index in [1.54, 1.807) is 0 Å². The maximum absolute atomic E-state index is 11.1. The summed E-state index contributed by atoms with van der Waals surface area (Å²) >= 11 is 0. The van der Waals surface area contributed by atoms with Gasteiger partial charge >= 0.3 is 0 Å². The normalized spacial score (nSPS) is 20.7. The predicted octanol–water partition coefficient (Wildman–Crippen LogP) is 0.661. The Morgan fingerprint density at radius 2 is 2.47 bits per heavy atom. The Hall–Kier alpha value is -1.32. The first-order valence-electron chi connectivity index (χ1n) is 5.46. The van der Waals surface area contributed by atoms with E-state index in [0.717, 1.165) is 25.1 Å². The molecule has 1 aromatic rings. The molecule has 1 aromatic heterocycles. The number of imidazole rings is 1. The molecule has 2 rings (SSSR count). The average molecular weight is 207 g/mol. The number of carbonyl (C=O) groups is 1. The van der Waals surface area contributed by atoms with Crippen LogP contribution in [0.1, 0.15) is 24.7 Å². The summed E-state index contributed by atoms with van der Waals surface area (Å²) in [7, 11) is 2.02. The lowest BCUT2D eigenvalue weighted by atomic mass is 10.0. The van der Waals surface area contributed by atoms with E-state index in [9.17, 15) is 4.79 Å². The van der Waals surface area contributed by atoms with Gasteiger partial charge in [-0.25, -0.2) is 4.98 Å². The smallest absolute Gasteiger partial charge is 0.220 e. The fraction of sp³-hybridized carbons (Fsp3) is 0.636. The quantitative estimate of drug-likeness (QED) is 0.791. The van der Waals surface area contributed by atoms with E-state index in [2.05, 4.69) is 21.8 Å². The van der Waals surface area contributed by atoms with Crippen molar-refractivity contribution in [1.82, 2.24) is 14.9 Å². The van der Waals surface area contributed by atoms with Crippen LogP contribution in [0, 0.1) is 5.92 Å². The summed E-state index contributed by atoms with van der Waals surface area (Å²) < 4.78 is 2.07. The summed E-state index contributed by atoms with van der Waals surface area (Å²) in [5.41, 5.74) is 2.44. The fourth-order valence-electron chi connectivity index (χ4n) is 2.14. The van der Waals surface area contributed by atoms with E-state index < -0.39 is 0 Å². The Balaban J connectivity index is 2.09. The highest BCUT2D eigenvalue weighted by molar-refractivity contribution is 5.78. The molecular formula is C11H17N3O. The first-order valence-corrected chi connectivity index (χ1v) is 5.46. The van der Waals surface area contributed by atoms with Crippen LogP contribution in [0.15, 0.2) is 6.33 Å². The first kappa shape index (κ1) is 10.2. The van der Waals surface area contributed by atoms with E-state index in [1.165, 1.54) is 5.69 Å². The molecule has 1 fully saturated rings. The van der Waals surface area contributed by atoms with Crippen LogP contribution in [0.4, 0.5) is 0 Å². The summed E-state index contributed by atoms with van der Waals surface area (Å²) in [5, 5.41) is 2.87. The molecule has 0 unspecified atom stereocenters. The molecule has 1 atom stereocenters. The number of aromatic nitrogens is 2. The summed E-state index contributed by atoms with van der Waals surface area (Å²) in [4.78, 5) is 15.4. The maximum Gasteiger partial charge on any atom is 0.220 e. The van der Waals surface area contributed by atoms with E-state index in [1.807, 2.05) is 13.4 Å². The maximum atomic E-state index is 11.1. The Kier molecular flexibility index (Phi) is 2.75. The lowest BCUT2D eigenvalue weighted by Gasteiger charge is -2.09. The number of hydrogen-bond donors (Lipinski definition) is 1. The largest absolute Gasteiger partial charge is 0.356 e. The Labute approximate surface area is 89.7 Å². The van der Waals surface area contributed by atoms with Crippen molar-refractivity contribution >= 4 is 5.91 Å². The molecule has 1 aliphatic heterocycles. The molecular weight excluding hydrogens is 190 g/mol. The molecule has 1 saturated heterocycles. The van der Waals surface area contributed by atoms with E-state index in [-0.39, 0.29) is 5.91 Å². The van der Waals surface area contributed by atoms with Crippen molar-refractivity contribution in [2.24, 2.45) is 13.0 Å². The highest BCUT2D eigenvalue weighted by Crippen LogP contribution is 2.18. The molecule has 0 aliphatic carbocycles. The Morgan fingerprint density at radius 3 is 3.07 bits per heavy atom. The zero-order valence-corrected chi connectivity index (χ0v) is 9.29. The number of nitrogens with one attached hydrogen (secondary N) is 1. The fourth-order valence-corrected chi connectivity index (χ4v) is 2.14. The third-order valence-corrected chi connectivity index (χ3v) is 3.02. The van der Waals surface area contributed by atoms with Gasteiger partial charge in [0.25, 0.3) is 0 Å². The van der Waals surface area contributed by atoms with Gasteiger partial charge in [0.15, 0.2) is 0 Å². The second kappa shape index (κ2) is 4.04. The topological polar surface area (TPSA) is 46.9 Å². The van der Waals surface area contributed by atoms with E-state index >= 15 is 0 Å². The number of nitrogens with zero attached hydrogens (tertiary/aromatic N) is 2. The van der Waals surface area contributed by atoms with Crippen LogP contribution in [0.25, 0.3) is 0 Å². The number of hydrogen-bond acceptors (Lipinski definition) is 2. The molecule has 1 N–H and O–H groups in total. The molecule has 1 aliphatic rings. The molecule has 82 valence electrons. The summed E-state index contributed by atoms with van der Waals surface area (Å²) in [6, 6.07) is 0. The molecule has 0 spiro atoms. The number of carbonyl (C=O) groups excluding carboxylic acids is 1. The van der Waals surface area contributed by atoms with Crippen LogP contribution in [-0.2, 0) is 24.7 Å². The molecule has 2 heterocycles. The standard InChI is InChI=1S/C11H17N3O/c1-3-9-10(14(2)7-13-9)4-8-5-11(15)12-6-8/h7-8H,3-6H2,1-2H3,(H,12,15)/t8-/m1/s1. The number of amides is 1. The molecule has 15 heavy (non-hydrogen) atoms. The van der Waals surface area contributed by atoms with Gasteiger partial charge in [-0.05, 0) is 18.8 Å². The van der Waals surface area contributed by atoms with Crippen LogP contribution in [0.5, 0.6) is 0 Å². The van der Waals surface area contributed by atoms with Crippen LogP contribution in [-0.4, -0.2) is 22.0 Å². The van der Waals surface area contributed by atoms with Gasteiger partial charge in [0.1, 0.15) is 0 Å². The van der Waals surface area contributed by atoms with Gasteiger partial charge < -0.3 is 9.88 Å². The summed E-state index contributed by atoms with van der Waals surface area (Å²) in [6.07, 6.45) is 4.44. The van der Waals surface area contributed by atoms with Crippen molar-refractivity contribution in [3.05, 3.63) is 17.7 Å². The second-order valence-electron chi connectivity index (χ2n) is 4.18. The minimum Gasteiger partial charge on any atom is -0.356 e. The van der Waals surface area contributed by atoms with Crippen LogP contribution in [0.3, 0.4) is 0 Å². The highest BCUT2D eigenvalue weighted by Gasteiger charge is 2.23. The zero-order chi connectivity index (χ0) is 10.8. The van der Waals surface area contributed by atoms with Crippen molar-refractivity contribution in [2.45, 2.75) is 26.2 Å². The lowest BCUT2D eigenvalue weighted by Crippen LogP contribution is -2.15. The number of aryl methyl sites for hydroxylation is 2. The van der Waals surface area contributed by atoms with Gasteiger partial charge in [-0.15, -0.1) is 0 Å². The van der Waals surface area contributed by atoms with Crippen molar-refractivity contribution in [3.63, 3.8) is 0 Å². The monoisotopic (exact) mass is 207 g/mol. The lowest BCUT2D eigenvalue weighted by molar-refractivity contribution is -0.119. The average Bonchev–Trinajstić information content (AvgIpc) is 2.76. The molecule has 0 aromatic carbocycles. The summed E-state index contributed by atoms with van der Waals surface area (Å²) in [6.45, 7) is 2.93. The van der Waals surface area contributed by atoms with Gasteiger partial charge in [0.05, 0.1) is 12.0 Å². The Morgan fingerprint density at radius 1 is 1.67 bits per heavy atom. The molecule has 1 amide bonds. The van der Waals surface area contributed by atoms with Crippen LogP contribution in [0.2, 0.25) is 0 Å². The molecule has 0 bridgehead atoms. The van der Waals surface area contributed by atoms with Gasteiger partial charge in [0, 0.05) is 25.7 Å². The molecule has 0 radical (unpaired) electrons. The second-order valence-corrected chi connectivity index (χ2v) is 4.18. The zero-order valence-electron chi connectivity index (χ0n) is 9.29. The molecule has 4 nitrogen and oxygen atoms in total. The van der Waals surface area contributed by atoms with Crippen molar-refractivity contribution < 1.29 is 4.79 Å². The van der Waals surface area contributed by atoms with Gasteiger partial charge in [-0.2, -0.15) is 0 Å². The third kappa shape index (κ3) is 2.03. The van der Waals surface area contributed by atoms with E-state index in [4.69, 9.17) is 0 Å². The minimum atomic E-state index is 0.181. The summed E-state index contributed by atoms with van der Waals surface area (Å²) in [5.74, 6) is 0.624. The van der Waals surface area contributed by atoms with Gasteiger partial charge in [0.2, 0.25) is 5.91 Å². The molecule has 4 heteroatoms. The van der Waals surface area contributed by atoms with Gasteiger partial charge in [-0.3, -0.25) is 4.79 Å². The van der Waals surface area contributed by atoms with Crippen LogP contribution >= 0.6 is 0 Å². The van der Waals surface area contributed by atoms with Crippen LogP contribution < -0.4 is 5.32 Å². The Bertz CT molecular complexity index is 370. The minimum absolute atomic E-state index is 0.181. The third-order valence-electron chi connectivity index (χ3n) is 3.02.